The summed E-state index contributed by atoms with van der Waals surface area (Å²) in [7, 11) is 3.66. The molecular weight excluding hydrogens is 304 g/mol. The Labute approximate surface area is 141 Å². The maximum atomic E-state index is 12.2. The molecule has 0 aliphatic rings. The Morgan fingerprint density at radius 3 is 2.21 bits per heavy atom. The fourth-order valence-electron chi connectivity index (χ4n) is 2.17. The van der Waals surface area contributed by atoms with Crippen molar-refractivity contribution in [2.75, 3.05) is 31.3 Å². The SMILES string of the molecule is CN(C)CC(=O)Nc1ccc(NC(=O)c2cccc(CN)c2)cc1. The van der Waals surface area contributed by atoms with Crippen LogP contribution in [0.5, 0.6) is 0 Å². The van der Waals surface area contributed by atoms with Gasteiger partial charge in [-0.1, -0.05) is 12.1 Å². The van der Waals surface area contributed by atoms with Crippen LogP contribution in [0.3, 0.4) is 0 Å². The highest BCUT2D eigenvalue weighted by Crippen LogP contribution is 2.15. The van der Waals surface area contributed by atoms with E-state index in [4.69, 9.17) is 5.73 Å². The van der Waals surface area contributed by atoms with Gasteiger partial charge >= 0.3 is 0 Å². The summed E-state index contributed by atoms with van der Waals surface area (Å²) in [6.07, 6.45) is 0. The Morgan fingerprint density at radius 2 is 1.62 bits per heavy atom. The monoisotopic (exact) mass is 326 g/mol. The van der Waals surface area contributed by atoms with Gasteiger partial charge in [0.15, 0.2) is 0 Å². The van der Waals surface area contributed by atoms with Gasteiger partial charge < -0.3 is 21.3 Å². The first-order valence-corrected chi connectivity index (χ1v) is 7.63. The van der Waals surface area contributed by atoms with Gasteiger partial charge in [0.05, 0.1) is 6.54 Å². The lowest BCUT2D eigenvalue weighted by Crippen LogP contribution is -2.27. The number of nitrogens with two attached hydrogens (primary N) is 1. The van der Waals surface area contributed by atoms with E-state index in [0.29, 0.717) is 30.0 Å². The van der Waals surface area contributed by atoms with Crippen molar-refractivity contribution in [1.82, 2.24) is 4.90 Å². The van der Waals surface area contributed by atoms with E-state index in [9.17, 15) is 9.59 Å². The van der Waals surface area contributed by atoms with Gasteiger partial charge in [0.1, 0.15) is 0 Å². The van der Waals surface area contributed by atoms with Gasteiger partial charge in [0.2, 0.25) is 5.91 Å². The Bertz CT molecular complexity index is 711. The number of likely N-dealkylation sites (N-methyl/N-ethyl adjacent to an activating group) is 1. The summed E-state index contributed by atoms with van der Waals surface area (Å²) in [5, 5.41) is 5.61. The number of nitrogens with zero attached hydrogens (tertiary/aromatic N) is 1. The van der Waals surface area contributed by atoms with Crippen LogP contribution in [-0.2, 0) is 11.3 Å². The first-order chi connectivity index (χ1) is 11.5. The lowest BCUT2D eigenvalue weighted by atomic mass is 10.1. The molecule has 0 radical (unpaired) electrons. The van der Waals surface area contributed by atoms with Crippen LogP contribution in [0.15, 0.2) is 48.5 Å². The van der Waals surface area contributed by atoms with Gasteiger partial charge in [-0.15, -0.1) is 0 Å². The van der Waals surface area contributed by atoms with E-state index in [1.54, 1.807) is 47.4 Å². The molecular formula is C18H22N4O2. The third-order valence-electron chi connectivity index (χ3n) is 3.31. The Kier molecular flexibility index (Phi) is 6.06. The maximum absolute atomic E-state index is 12.2. The second-order valence-electron chi connectivity index (χ2n) is 5.72. The summed E-state index contributed by atoms with van der Waals surface area (Å²) < 4.78 is 0. The zero-order chi connectivity index (χ0) is 17.5. The molecule has 6 heteroatoms. The molecule has 0 fully saturated rings. The van der Waals surface area contributed by atoms with E-state index < -0.39 is 0 Å². The minimum absolute atomic E-state index is 0.0876. The highest BCUT2D eigenvalue weighted by atomic mass is 16.2. The van der Waals surface area contributed by atoms with Crippen LogP contribution in [0.1, 0.15) is 15.9 Å². The molecule has 0 aromatic heterocycles. The maximum Gasteiger partial charge on any atom is 0.255 e. The van der Waals surface area contributed by atoms with Gasteiger partial charge in [-0.2, -0.15) is 0 Å². The third kappa shape index (κ3) is 5.19. The molecule has 2 aromatic carbocycles. The van der Waals surface area contributed by atoms with Gasteiger partial charge in [-0.05, 0) is 56.1 Å². The van der Waals surface area contributed by atoms with Crippen molar-refractivity contribution in [3.05, 3.63) is 59.7 Å². The number of nitrogens with one attached hydrogen (secondary N) is 2. The molecule has 0 aliphatic carbocycles. The molecule has 0 saturated heterocycles. The fourth-order valence-corrected chi connectivity index (χ4v) is 2.17. The average molecular weight is 326 g/mol. The number of carbonyl (C=O) groups is 2. The van der Waals surface area contributed by atoms with Crippen molar-refractivity contribution in [3.8, 4) is 0 Å². The fraction of sp³-hybridized carbons (Fsp3) is 0.222. The molecule has 2 aromatic rings. The van der Waals surface area contributed by atoms with Crippen LogP contribution < -0.4 is 16.4 Å². The van der Waals surface area contributed by atoms with E-state index in [2.05, 4.69) is 10.6 Å². The Morgan fingerprint density at radius 1 is 1.00 bits per heavy atom. The Hall–Kier alpha value is -2.70. The van der Waals surface area contributed by atoms with E-state index in [-0.39, 0.29) is 11.8 Å². The van der Waals surface area contributed by atoms with Gasteiger partial charge in [-0.25, -0.2) is 0 Å². The molecule has 126 valence electrons. The molecule has 0 atom stereocenters. The minimum Gasteiger partial charge on any atom is -0.326 e. The molecule has 6 nitrogen and oxygen atoms in total. The Balaban J connectivity index is 1.98. The lowest BCUT2D eigenvalue weighted by molar-refractivity contribution is -0.116. The number of anilines is 2. The molecule has 0 aliphatic heterocycles. The predicted molar refractivity (Wildman–Crippen MR) is 95.9 cm³/mol. The van der Waals surface area contributed by atoms with Gasteiger partial charge in [0, 0.05) is 23.5 Å². The molecule has 0 saturated carbocycles. The smallest absolute Gasteiger partial charge is 0.255 e. The molecule has 2 amide bonds. The quantitative estimate of drug-likeness (QED) is 0.756. The summed E-state index contributed by atoms with van der Waals surface area (Å²) in [6, 6.07) is 14.2. The van der Waals surface area contributed by atoms with Crippen molar-refractivity contribution in [2.45, 2.75) is 6.54 Å². The lowest BCUT2D eigenvalue weighted by Gasteiger charge is -2.11. The highest BCUT2D eigenvalue weighted by molar-refractivity contribution is 6.04. The average Bonchev–Trinajstić information content (AvgIpc) is 2.56. The molecule has 0 heterocycles. The van der Waals surface area contributed by atoms with E-state index in [1.807, 2.05) is 20.2 Å². The summed E-state index contributed by atoms with van der Waals surface area (Å²) in [5.41, 5.74) is 8.39. The van der Waals surface area contributed by atoms with Crippen LogP contribution in [0, 0.1) is 0 Å². The zero-order valence-electron chi connectivity index (χ0n) is 13.9. The zero-order valence-corrected chi connectivity index (χ0v) is 13.9. The van der Waals surface area contributed by atoms with E-state index in [1.165, 1.54) is 0 Å². The largest absolute Gasteiger partial charge is 0.326 e. The van der Waals surface area contributed by atoms with Crippen LogP contribution in [-0.4, -0.2) is 37.4 Å². The second-order valence-corrected chi connectivity index (χ2v) is 5.72. The number of amides is 2. The molecule has 24 heavy (non-hydrogen) atoms. The molecule has 0 spiro atoms. The highest BCUT2D eigenvalue weighted by Gasteiger charge is 2.07. The van der Waals surface area contributed by atoms with Gasteiger partial charge in [-0.3, -0.25) is 9.59 Å². The summed E-state index contributed by atoms with van der Waals surface area (Å²) in [6.45, 7) is 0.707. The minimum atomic E-state index is -0.199. The number of hydrogen-bond acceptors (Lipinski definition) is 4. The van der Waals surface area contributed by atoms with E-state index in [0.717, 1.165) is 5.56 Å². The predicted octanol–water partition coefficient (Wildman–Crippen LogP) is 1.90. The van der Waals surface area contributed by atoms with Crippen LogP contribution in [0.4, 0.5) is 11.4 Å². The second kappa shape index (κ2) is 8.24. The number of hydrogen-bond donors (Lipinski definition) is 3. The van der Waals surface area contributed by atoms with Crippen LogP contribution in [0.2, 0.25) is 0 Å². The topological polar surface area (TPSA) is 87.5 Å². The van der Waals surface area contributed by atoms with Crippen LogP contribution in [0.25, 0.3) is 0 Å². The number of rotatable bonds is 6. The van der Waals surface area contributed by atoms with Crippen molar-refractivity contribution in [3.63, 3.8) is 0 Å². The number of benzene rings is 2. The first-order valence-electron chi connectivity index (χ1n) is 7.63. The van der Waals surface area contributed by atoms with Crippen molar-refractivity contribution >= 4 is 23.2 Å². The normalized spacial score (nSPS) is 10.5. The van der Waals surface area contributed by atoms with E-state index >= 15 is 0 Å². The van der Waals surface area contributed by atoms with Crippen molar-refractivity contribution < 1.29 is 9.59 Å². The standard InChI is InChI=1S/C18H22N4O2/c1-22(2)12-17(23)20-15-6-8-16(9-7-15)21-18(24)14-5-3-4-13(10-14)11-19/h3-10H,11-12,19H2,1-2H3,(H,20,23)(H,21,24). The summed E-state index contributed by atoms with van der Waals surface area (Å²) in [5.74, 6) is -0.287. The molecule has 2 rings (SSSR count). The summed E-state index contributed by atoms with van der Waals surface area (Å²) >= 11 is 0. The summed E-state index contributed by atoms with van der Waals surface area (Å²) in [4.78, 5) is 25.7. The van der Waals surface area contributed by atoms with Crippen molar-refractivity contribution in [2.24, 2.45) is 5.73 Å². The number of carbonyl (C=O) groups excluding carboxylic acids is 2. The molecule has 0 unspecified atom stereocenters. The molecule has 0 bridgehead atoms. The third-order valence-corrected chi connectivity index (χ3v) is 3.31. The molecule has 4 N–H and O–H groups in total. The van der Waals surface area contributed by atoms with Gasteiger partial charge in [0.25, 0.3) is 5.91 Å². The van der Waals surface area contributed by atoms with Crippen molar-refractivity contribution in [1.29, 1.82) is 0 Å². The van der Waals surface area contributed by atoms with Crippen LogP contribution >= 0.6 is 0 Å². The first kappa shape index (κ1) is 17.7.